The maximum atomic E-state index is 12.3. The summed E-state index contributed by atoms with van der Waals surface area (Å²) < 4.78 is 7.84. The molecule has 28 heavy (non-hydrogen) atoms. The molecule has 3 heterocycles. The highest BCUT2D eigenvalue weighted by Gasteiger charge is 2.29. The number of H-pyrrole nitrogens is 1. The van der Waals surface area contributed by atoms with Gasteiger partial charge < -0.3 is 19.3 Å². The van der Waals surface area contributed by atoms with E-state index in [4.69, 9.17) is 4.74 Å². The van der Waals surface area contributed by atoms with Crippen molar-refractivity contribution < 1.29 is 14.6 Å². The van der Waals surface area contributed by atoms with Crippen LogP contribution >= 0.6 is 0 Å². The molecule has 2 aromatic heterocycles. The van der Waals surface area contributed by atoms with E-state index >= 15 is 0 Å². The number of aromatic nitrogens is 4. The molecular weight excluding hydrogens is 366 g/mol. The number of aliphatic hydroxyl groups excluding tert-OH is 1. The Morgan fingerprint density at radius 2 is 2.00 bits per heavy atom. The summed E-state index contributed by atoms with van der Waals surface area (Å²) in [6.45, 7) is 2.47. The Kier molecular flexibility index (Phi) is 4.27. The van der Waals surface area contributed by atoms with Crippen molar-refractivity contribution in [3.8, 4) is 0 Å². The van der Waals surface area contributed by atoms with Gasteiger partial charge in [-0.2, -0.15) is 4.98 Å². The van der Waals surface area contributed by atoms with Crippen LogP contribution in [0.15, 0.2) is 33.9 Å². The summed E-state index contributed by atoms with van der Waals surface area (Å²) in [5.74, 6) is 0.0254. The average molecular weight is 385 g/mol. The standard InChI is InChI=1S/C18H19N5O5/c1-3-28-16(26)10-4-6-11(7-5-10)22-8-12(24)9-23-13-14(19-17(22)23)21(2)18(27)20-15(13)25/h4-7,12,24H,3,8-9H2,1-2H3,(H,20,25,27)/t12-/m1/s1. The van der Waals surface area contributed by atoms with Gasteiger partial charge in [0.2, 0.25) is 5.95 Å². The van der Waals surface area contributed by atoms with E-state index in [2.05, 4.69) is 9.97 Å². The lowest BCUT2D eigenvalue weighted by Gasteiger charge is -2.32. The molecule has 0 spiro atoms. The number of aromatic amines is 1. The number of aliphatic hydroxyl groups is 1. The molecule has 10 nitrogen and oxygen atoms in total. The number of ether oxygens (including phenoxy) is 1. The first-order chi connectivity index (χ1) is 13.4. The molecule has 146 valence electrons. The fourth-order valence-electron chi connectivity index (χ4n) is 3.38. The summed E-state index contributed by atoms with van der Waals surface area (Å²) in [6, 6.07) is 6.70. The number of carbonyl (C=O) groups excluding carboxylic acids is 1. The summed E-state index contributed by atoms with van der Waals surface area (Å²) in [6.07, 6.45) is -0.744. The second kappa shape index (κ2) is 6.64. The van der Waals surface area contributed by atoms with Gasteiger partial charge in [0.1, 0.15) is 0 Å². The van der Waals surface area contributed by atoms with E-state index in [1.165, 1.54) is 11.6 Å². The van der Waals surface area contributed by atoms with Gasteiger partial charge in [-0.15, -0.1) is 0 Å². The lowest BCUT2D eigenvalue weighted by molar-refractivity contribution is 0.0526. The molecule has 0 unspecified atom stereocenters. The first-order valence-corrected chi connectivity index (χ1v) is 8.83. The van der Waals surface area contributed by atoms with Crippen molar-refractivity contribution in [3.05, 3.63) is 50.7 Å². The van der Waals surface area contributed by atoms with Gasteiger partial charge >= 0.3 is 11.7 Å². The Balaban J connectivity index is 1.83. The molecule has 1 atom stereocenters. The van der Waals surface area contributed by atoms with Gasteiger partial charge in [0, 0.05) is 12.7 Å². The second-order valence-corrected chi connectivity index (χ2v) is 6.54. The van der Waals surface area contributed by atoms with Gasteiger partial charge in [-0.05, 0) is 31.2 Å². The highest BCUT2D eigenvalue weighted by Crippen LogP contribution is 2.31. The highest BCUT2D eigenvalue weighted by molar-refractivity contribution is 5.90. The SMILES string of the molecule is CCOC(=O)c1ccc(N2C[C@@H](O)Cn3c2nc2c3c(=O)[nH]c(=O)n2C)cc1. The van der Waals surface area contributed by atoms with Crippen molar-refractivity contribution >= 4 is 28.8 Å². The number of aryl methyl sites for hydroxylation is 1. The lowest BCUT2D eigenvalue weighted by atomic mass is 10.1. The number of hydrogen-bond donors (Lipinski definition) is 2. The molecule has 1 aromatic carbocycles. The Morgan fingerprint density at radius 1 is 1.29 bits per heavy atom. The molecule has 0 radical (unpaired) electrons. The van der Waals surface area contributed by atoms with Crippen LogP contribution in [0.3, 0.4) is 0 Å². The molecule has 0 aliphatic carbocycles. The number of esters is 1. The summed E-state index contributed by atoms with van der Waals surface area (Å²) in [4.78, 5) is 44.6. The van der Waals surface area contributed by atoms with Gasteiger partial charge in [-0.25, -0.2) is 9.59 Å². The van der Waals surface area contributed by atoms with Crippen LogP contribution in [-0.2, 0) is 18.3 Å². The molecule has 10 heteroatoms. The normalized spacial score (nSPS) is 16.2. The summed E-state index contributed by atoms with van der Waals surface area (Å²) in [5.41, 5.74) is 0.456. The fourth-order valence-corrected chi connectivity index (χ4v) is 3.38. The molecule has 0 fully saturated rings. The molecule has 4 rings (SSSR count). The maximum absolute atomic E-state index is 12.3. The predicted octanol–water partition coefficient (Wildman–Crippen LogP) is 0.113. The molecule has 2 N–H and O–H groups in total. The Morgan fingerprint density at radius 3 is 2.68 bits per heavy atom. The summed E-state index contributed by atoms with van der Waals surface area (Å²) >= 11 is 0. The van der Waals surface area contributed by atoms with Gasteiger partial charge in [-0.3, -0.25) is 14.3 Å². The van der Waals surface area contributed by atoms with E-state index < -0.39 is 23.3 Å². The molecule has 0 saturated carbocycles. The van der Waals surface area contributed by atoms with Crippen LogP contribution in [0, 0.1) is 0 Å². The van der Waals surface area contributed by atoms with Gasteiger partial charge in [0.05, 0.1) is 31.4 Å². The summed E-state index contributed by atoms with van der Waals surface area (Å²) in [7, 11) is 1.52. The minimum Gasteiger partial charge on any atom is -0.462 e. The van der Waals surface area contributed by atoms with Crippen LogP contribution in [-0.4, -0.2) is 49.4 Å². The van der Waals surface area contributed by atoms with Crippen molar-refractivity contribution in [2.75, 3.05) is 18.1 Å². The van der Waals surface area contributed by atoms with E-state index in [1.807, 2.05) is 0 Å². The van der Waals surface area contributed by atoms with Gasteiger partial charge in [0.25, 0.3) is 5.56 Å². The van der Waals surface area contributed by atoms with E-state index in [9.17, 15) is 19.5 Å². The van der Waals surface area contributed by atoms with E-state index in [0.717, 1.165) is 0 Å². The number of anilines is 2. The minimum absolute atomic E-state index is 0.185. The molecule has 1 aliphatic heterocycles. The third kappa shape index (κ3) is 2.78. The Bertz CT molecular complexity index is 1170. The number of rotatable bonds is 3. The second-order valence-electron chi connectivity index (χ2n) is 6.54. The van der Waals surface area contributed by atoms with Crippen molar-refractivity contribution in [2.24, 2.45) is 7.05 Å². The molecular formula is C18H19N5O5. The van der Waals surface area contributed by atoms with Crippen molar-refractivity contribution in [1.29, 1.82) is 0 Å². The van der Waals surface area contributed by atoms with E-state index in [0.29, 0.717) is 17.2 Å². The zero-order valence-electron chi connectivity index (χ0n) is 15.4. The van der Waals surface area contributed by atoms with E-state index in [-0.39, 0.29) is 30.9 Å². The smallest absolute Gasteiger partial charge is 0.338 e. The number of carbonyl (C=O) groups is 1. The van der Waals surface area contributed by atoms with Crippen molar-refractivity contribution in [2.45, 2.75) is 19.6 Å². The molecule has 0 bridgehead atoms. The van der Waals surface area contributed by atoms with Crippen LogP contribution in [0.1, 0.15) is 17.3 Å². The van der Waals surface area contributed by atoms with E-state index in [1.54, 1.807) is 40.7 Å². The van der Waals surface area contributed by atoms with Crippen LogP contribution in [0.2, 0.25) is 0 Å². The van der Waals surface area contributed by atoms with Gasteiger partial charge in [-0.1, -0.05) is 0 Å². The van der Waals surface area contributed by atoms with Crippen molar-refractivity contribution in [1.82, 2.24) is 19.1 Å². The number of hydrogen-bond acceptors (Lipinski definition) is 7. The zero-order chi connectivity index (χ0) is 20.0. The quantitative estimate of drug-likeness (QED) is 0.614. The zero-order valence-corrected chi connectivity index (χ0v) is 15.4. The summed E-state index contributed by atoms with van der Waals surface area (Å²) in [5, 5.41) is 10.3. The largest absolute Gasteiger partial charge is 0.462 e. The lowest BCUT2D eigenvalue weighted by Crippen LogP contribution is -2.39. The van der Waals surface area contributed by atoms with Crippen LogP contribution < -0.4 is 16.1 Å². The molecule has 3 aromatic rings. The first kappa shape index (κ1) is 18.0. The first-order valence-electron chi connectivity index (χ1n) is 8.83. The average Bonchev–Trinajstić information content (AvgIpc) is 3.06. The minimum atomic E-state index is -0.744. The van der Waals surface area contributed by atoms with Crippen LogP contribution in [0.4, 0.5) is 11.6 Å². The number of imidazole rings is 1. The fraction of sp³-hybridized carbons (Fsp3) is 0.333. The van der Waals surface area contributed by atoms with Gasteiger partial charge in [0.15, 0.2) is 11.2 Å². The van der Waals surface area contributed by atoms with Crippen LogP contribution in [0.5, 0.6) is 0 Å². The third-order valence-electron chi connectivity index (χ3n) is 4.71. The van der Waals surface area contributed by atoms with Crippen molar-refractivity contribution in [3.63, 3.8) is 0 Å². The predicted molar refractivity (Wildman–Crippen MR) is 101 cm³/mol. The molecule has 1 aliphatic rings. The number of nitrogens with zero attached hydrogens (tertiary/aromatic N) is 4. The molecule has 0 amide bonds. The number of nitrogens with one attached hydrogen (secondary N) is 1. The monoisotopic (exact) mass is 385 g/mol. The number of fused-ring (bicyclic) bond motifs is 3. The molecule has 0 saturated heterocycles. The Labute approximate surface area is 158 Å². The van der Waals surface area contributed by atoms with Crippen LogP contribution in [0.25, 0.3) is 11.2 Å². The topological polar surface area (TPSA) is 122 Å². The third-order valence-corrected chi connectivity index (χ3v) is 4.71. The Hall–Kier alpha value is -3.40. The highest BCUT2D eigenvalue weighted by atomic mass is 16.5. The maximum Gasteiger partial charge on any atom is 0.338 e. The number of β-amino-alcohol motifs (C(OH)–C–C–N with tert-alkyl or cyclic N) is 1. The number of benzene rings is 1.